The number of carbonyl (C=O) groups excluding carboxylic acids is 2. The fourth-order valence-electron chi connectivity index (χ4n) is 2.01. The first kappa shape index (κ1) is 16.9. The molecule has 0 aliphatic carbocycles. The topological polar surface area (TPSA) is 65.5 Å². The van der Waals surface area contributed by atoms with Gasteiger partial charge in [-0.05, 0) is 32.9 Å². The number of anilines is 1. The Morgan fingerprint density at radius 1 is 1.14 bits per heavy atom. The van der Waals surface area contributed by atoms with Gasteiger partial charge >= 0.3 is 0 Å². The van der Waals surface area contributed by atoms with E-state index in [1.807, 2.05) is 13.0 Å². The van der Waals surface area contributed by atoms with Crippen LogP contribution in [0.1, 0.15) is 31.1 Å². The van der Waals surface area contributed by atoms with Crippen LogP contribution in [-0.2, 0) is 4.79 Å². The van der Waals surface area contributed by atoms with Gasteiger partial charge in [-0.2, -0.15) is 0 Å². The zero-order valence-corrected chi connectivity index (χ0v) is 13.2. The number of nitrogens with zero attached hydrogens (tertiary/aromatic N) is 3. The minimum atomic E-state index is -0.182. The van der Waals surface area contributed by atoms with E-state index in [0.29, 0.717) is 12.1 Å². The lowest BCUT2D eigenvalue weighted by molar-refractivity contribution is -0.121. The molecule has 0 saturated carbocycles. The smallest absolute Gasteiger partial charge is 0.255 e. The van der Waals surface area contributed by atoms with Crippen molar-refractivity contribution in [1.29, 1.82) is 0 Å². The number of pyridine rings is 1. The maximum atomic E-state index is 12.3. The molecule has 6 heteroatoms. The van der Waals surface area contributed by atoms with E-state index in [2.05, 4.69) is 29.0 Å². The monoisotopic (exact) mass is 292 g/mol. The molecule has 0 unspecified atom stereocenters. The van der Waals surface area contributed by atoms with Crippen LogP contribution in [0.15, 0.2) is 18.3 Å². The largest absolute Gasteiger partial charge is 0.358 e. The van der Waals surface area contributed by atoms with Gasteiger partial charge in [-0.3, -0.25) is 9.59 Å². The molecule has 0 atom stereocenters. The molecule has 116 valence electrons. The Bertz CT molecular complexity index is 469. The lowest BCUT2D eigenvalue weighted by Crippen LogP contribution is -2.39. The maximum absolute atomic E-state index is 12.3. The fraction of sp³-hybridized carbons (Fsp3) is 0.533. The lowest BCUT2D eigenvalue weighted by Gasteiger charge is -2.21. The molecule has 0 radical (unpaired) electrons. The van der Waals surface area contributed by atoms with E-state index in [4.69, 9.17) is 0 Å². The van der Waals surface area contributed by atoms with E-state index in [-0.39, 0.29) is 18.4 Å². The van der Waals surface area contributed by atoms with Gasteiger partial charge < -0.3 is 15.1 Å². The average Bonchev–Trinajstić information content (AvgIpc) is 2.53. The quantitative estimate of drug-likeness (QED) is 0.818. The number of rotatable bonds is 7. The summed E-state index contributed by atoms with van der Waals surface area (Å²) < 4.78 is 0. The van der Waals surface area contributed by atoms with Crippen LogP contribution in [0.4, 0.5) is 5.82 Å². The number of likely N-dealkylation sites (N-methyl/N-ethyl adjacent to an activating group) is 2. The summed E-state index contributed by atoms with van der Waals surface area (Å²) in [6, 6.07) is 3.60. The van der Waals surface area contributed by atoms with Crippen molar-refractivity contribution in [3.8, 4) is 0 Å². The summed E-state index contributed by atoms with van der Waals surface area (Å²) >= 11 is 0. The molecule has 0 spiro atoms. The summed E-state index contributed by atoms with van der Waals surface area (Å²) in [7, 11) is 1.56. The number of aromatic nitrogens is 1. The standard InChI is InChI=1S/C15H24N4O2/c1-5-18(6-2)13-9-8-12(10-17-13)15(21)19(7-3)11-14(20)16-4/h8-10H,5-7,11H2,1-4H3,(H,16,20). The average molecular weight is 292 g/mol. The second-order valence-corrected chi connectivity index (χ2v) is 4.57. The molecule has 0 fully saturated rings. The van der Waals surface area contributed by atoms with Crippen LogP contribution >= 0.6 is 0 Å². The molecule has 0 aromatic carbocycles. The van der Waals surface area contributed by atoms with Gasteiger partial charge in [0.05, 0.1) is 12.1 Å². The third-order valence-corrected chi connectivity index (χ3v) is 3.36. The zero-order chi connectivity index (χ0) is 15.8. The Hall–Kier alpha value is -2.11. The van der Waals surface area contributed by atoms with E-state index < -0.39 is 0 Å². The van der Waals surface area contributed by atoms with Crippen LogP contribution in [0, 0.1) is 0 Å². The van der Waals surface area contributed by atoms with Crippen molar-refractivity contribution in [2.75, 3.05) is 38.1 Å². The van der Waals surface area contributed by atoms with Gasteiger partial charge in [-0.1, -0.05) is 0 Å². The van der Waals surface area contributed by atoms with E-state index in [1.165, 1.54) is 4.90 Å². The summed E-state index contributed by atoms with van der Waals surface area (Å²) in [6.45, 7) is 8.24. The van der Waals surface area contributed by atoms with Gasteiger partial charge in [0, 0.05) is 32.9 Å². The Morgan fingerprint density at radius 3 is 2.24 bits per heavy atom. The molecule has 21 heavy (non-hydrogen) atoms. The van der Waals surface area contributed by atoms with Gasteiger partial charge in [-0.25, -0.2) is 4.98 Å². The van der Waals surface area contributed by atoms with Gasteiger partial charge in [0.25, 0.3) is 5.91 Å². The van der Waals surface area contributed by atoms with Crippen LogP contribution in [0.25, 0.3) is 0 Å². The molecular formula is C15H24N4O2. The van der Waals surface area contributed by atoms with Gasteiger partial charge in [0.1, 0.15) is 5.82 Å². The Labute approximate surface area is 126 Å². The van der Waals surface area contributed by atoms with Gasteiger partial charge in [0.15, 0.2) is 0 Å². The van der Waals surface area contributed by atoms with Crippen LogP contribution in [-0.4, -0.2) is 54.9 Å². The molecule has 1 aromatic heterocycles. The van der Waals surface area contributed by atoms with E-state index >= 15 is 0 Å². The summed E-state index contributed by atoms with van der Waals surface area (Å²) in [5.41, 5.74) is 0.497. The van der Waals surface area contributed by atoms with Crippen molar-refractivity contribution in [1.82, 2.24) is 15.2 Å². The van der Waals surface area contributed by atoms with Gasteiger partial charge in [-0.15, -0.1) is 0 Å². The molecule has 1 heterocycles. The highest BCUT2D eigenvalue weighted by molar-refractivity contribution is 5.96. The fourth-order valence-corrected chi connectivity index (χ4v) is 2.01. The molecule has 1 rings (SSSR count). The highest BCUT2D eigenvalue weighted by Gasteiger charge is 2.17. The molecule has 1 N–H and O–H groups in total. The summed E-state index contributed by atoms with van der Waals surface area (Å²) in [5.74, 6) is 0.489. The van der Waals surface area contributed by atoms with Crippen molar-refractivity contribution in [3.63, 3.8) is 0 Å². The predicted octanol–water partition coefficient (Wildman–Crippen LogP) is 1.14. The molecule has 6 nitrogen and oxygen atoms in total. The first-order valence-corrected chi connectivity index (χ1v) is 7.28. The van der Waals surface area contributed by atoms with Crippen LogP contribution in [0.2, 0.25) is 0 Å². The number of hydrogen-bond donors (Lipinski definition) is 1. The third-order valence-electron chi connectivity index (χ3n) is 3.36. The van der Waals surface area contributed by atoms with Crippen molar-refractivity contribution in [2.24, 2.45) is 0 Å². The van der Waals surface area contributed by atoms with Gasteiger partial charge in [0.2, 0.25) is 5.91 Å². The molecule has 0 bridgehead atoms. The lowest BCUT2D eigenvalue weighted by atomic mass is 10.2. The molecule has 0 aliphatic heterocycles. The third kappa shape index (κ3) is 4.44. The number of amides is 2. The SMILES string of the molecule is CCN(CC(=O)NC)C(=O)c1ccc(N(CC)CC)nc1. The summed E-state index contributed by atoms with van der Waals surface area (Å²) in [4.78, 5) is 31.7. The molecule has 2 amide bonds. The molecule has 1 aromatic rings. The second-order valence-electron chi connectivity index (χ2n) is 4.57. The second kappa shape index (κ2) is 8.24. The zero-order valence-electron chi connectivity index (χ0n) is 13.2. The molecule has 0 saturated heterocycles. The minimum absolute atomic E-state index is 0.0592. The van der Waals surface area contributed by atoms with E-state index in [0.717, 1.165) is 18.9 Å². The summed E-state index contributed by atoms with van der Waals surface area (Å²) in [5, 5.41) is 2.52. The van der Waals surface area contributed by atoms with Crippen LogP contribution in [0.3, 0.4) is 0 Å². The van der Waals surface area contributed by atoms with E-state index in [1.54, 1.807) is 19.3 Å². The first-order chi connectivity index (χ1) is 10.1. The highest BCUT2D eigenvalue weighted by Crippen LogP contribution is 2.12. The Balaban J connectivity index is 2.84. The number of carbonyl (C=O) groups is 2. The maximum Gasteiger partial charge on any atom is 0.255 e. The first-order valence-electron chi connectivity index (χ1n) is 7.28. The van der Waals surface area contributed by atoms with Crippen molar-refractivity contribution in [3.05, 3.63) is 23.9 Å². The molecular weight excluding hydrogens is 268 g/mol. The Morgan fingerprint density at radius 2 is 1.81 bits per heavy atom. The van der Waals surface area contributed by atoms with E-state index in [9.17, 15) is 9.59 Å². The van der Waals surface area contributed by atoms with Crippen LogP contribution < -0.4 is 10.2 Å². The summed E-state index contributed by atoms with van der Waals surface area (Å²) in [6.07, 6.45) is 1.57. The normalized spacial score (nSPS) is 10.1. The van der Waals surface area contributed by atoms with Crippen LogP contribution in [0.5, 0.6) is 0 Å². The minimum Gasteiger partial charge on any atom is -0.358 e. The van der Waals surface area contributed by atoms with Crippen molar-refractivity contribution < 1.29 is 9.59 Å². The number of nitrogens with one attached hydrogen (secondary N) is 1. The molecule has 0 aliphatic rings. The van der Waals surface area contributed by atoms with Crippen molar-refractivity contribution >= 4 is 17.6 Å². The van der Waals surface area contributed by atoms with Crippen molar-refractivity contribution in [2.45, 2.75) is 20.8 Å². The highest BCUT2D eigenvalue weighted by atomic mass is 16.2. The predicted molar refractivity (Wildman–Crippen MR) is 83.4 cm³/mol. The Kier molecular flexibility index (Phi) is 6.65. The number of hydrogen-bond acceptors (Lipinski definition) is 4.